The van der Waals surface area contributed by atoms with Gasteiger partial charge < -0.3 is 8.83 Å². The predicted molar refractivity (Wildman–Crippen MR) is 96.7 cm³/mol. The number of aromatic nitrogens is 2. The van der Waals surface area contributed by atoms with E-state index in [1.807, 2.05) is 25.2 Å². The van der Waals surface area contributed by atoms with Crippen LogP contribution in [0.15, 0.2) is 44.1 Å². The molecule has 1 atom stereocenters. The Balaban J connectivity index is 1.71. The van der Waals surface area contributed by atoms with E-state index in [1.54, 1.807) is 16.8 Å². The highest BCUT2D eigenvalue weighted by Crippen LogP contribution is 2.26. The van der Waals surface area contributed by atoms with Crippen LogP contribution in [0.2, 0.25) is 0 Å². The van der Waals surface area contributed by atoms with Crippen molar-refractivity contribution in [1.29, 1.82) is 0 Å². The smallest absolute Gasteiger partial charge is 0.419 e. The fraction of sp³-hybridized carbons (Fsp3) is 0.474. The van der Waals surface area contributed by atoms with Crippen LogP contribution in [-0.2, 0) is 12.0 Å². The minimum Gasteiger partial charge on any atom is -0.443 e. The molecule has 3 rings (SSSR count). The highest BCUT2D eigenvalue weighted by molar-refractivity contribution is 5.72. The maximum absolute atomic E-state index is 12.1. The second kappa shape index (κ2) is 6.52. The van der Waals surface area contributed by atoms with Crippen molar-refractivity contribution in [2.24, 2.45) is 0 Å². The van der Waals surface area contributed by atoms with E-state index in [2.05, 4.69) is 37.6 Å². The number of para-hydroxylation sites is 2. The average Bonchev–Trinajstić information content (AvgIpc) is 3.16. The summed E-state index contributed by atoms with van der Waals surface area (Å²) in [5.41, 5.74) is 1.37. The fourth-order valence-corrected chi connectivity index (χ4v) is 2.69. The lowest BCUT2D eigenvalue weighted by Gasteiger charge is -2.22. The van der Waals surface area contributed by atoms with Crippen molar-refractivity contribution in [3.63, 3.8) is 0 Å². The lowest BCUT2D eigenvalue weighted by Crippen LogP contribution is -2.29. The average molecular weight is 343 g/mol. The molecule has 3 aromatic rings. The van der Waals surface area contributed by atoms with Crippen LogP contribution in [0.1, 0.15) is 45.4 Å². The molecule has 1 aromatic carbocycles. The summed E-state index contributed by atoms with van der Waals surface area (Å²) < 4.78 is 12.9. The normalized spacial score (nSPS) is 13.7. The zero-order valence-corrected chi connectivity index (χ0v) is 15.4. The molecule has 0 aliphatic heterocycles. The molecule has 2 aromatic heterocycles. The molecule has 0 radical (unpaired) electrons. The van der Waals surface area contributed by atoms with Gasteiger partial charge in [-0.3, -0.25) is 9.47 Å². The molecule has 6 heteroatoms. The van der Waals surface area contributed by atoms with Gasteiger partial charge in [-0.15, -0.1) is 0 Å². The molecule has 0 amide bonds. The molecule has 2 heterocycles. The molecule has 0 bridgehead atoms. The number of benzene rings is 1. The minimum absolute atomic E-state index is 0.0185. The van der Waals surface area contributed by atoms with Crippen LogP contribution in [0.25, 0.3) is 11.1 Å². The van der Waals surface area contributed by atoms with E-state index in [-0.39, 0.29) is 17.2 Å². The Morgan fingerprint density at radius 3 is 2.64 bits per heavy atom. The van der Waals surface area contributed by atoms with Gasteiger partial charge in [-0.05, 0) is 26.1 Å². The zero-order valence-electron chi connectivity index (χ0n) is 15.4. The first kappa shape index (κ1) is 17.5. The van der Waals surface area contributed by atoms with Gasteiger partial charge in [-0.1, -0.05) is 32.9 Å². The first-order valence-corrected chi connectivity index (χ1v) is 8.52. The van der Waals surface area contributed by atoms with E-state index in [0.717, 1.165) is 11.3 Å². The van der Waals surface area contributed by atoms with Crippen LogP contribution in [0, 0.1) is 0 Å². The summed E-state index contributed by atoms with van der Waals surface area (Å²) in [6.45, 7) is 9.57. The van der Waals surface area contributed by atoms with Crippen LogP contribution in [0.3, 0.4) is 0 Å². The van der Waals surface area contributed by atoms with E-state index in [0.29, 0.717) is 24.6 Å². The van der Waals surface area contributed by atoms with Crippen molar-refractivity contribution in [3.8, 4) is 0 Å². The first-order valence-electron chi connectivity index (χ1n) is 8.52. The molecule has 0 fully saturated rings. The van der Waals surface area contributed by atoms with E-state index >= 15 is 0 Å². The standard InChI is InChI=1S/C19H25N3O3/c1-13(17-20-12-16(25-17)19(2,3)4)21(5)10-11-22-14-8-6-7-9-15(14)24-18(22)23/h6-9,12-13H,10-11H2,1-5H3/t13-/m0/s1. The third kappa shape index (κ3) is 3.54. The SMILES string of the molecule is C[C@@H](c1ncc(C(C)(C)C)o1)N(C)CCn1c(=O)oc2ccccc21. The summed E-state index contributed by atoms with van der Waals surface area (Å²) in [6.07, 6.45) is 1.80. The van der Waals surface area contributed by atoms with Crippen LogP contribution in [0.4, 0.5) is 0 Å². The summed E-state index contributed by atoms with van der Waals surface area (Å²) in [7, 11) is 2.00. The van der Waals surface area contributed by atoms with Gasteiger partial charge in [0.25, 0.3) is 0 Å². The van der Waals surface area contributed by atoms with Gasteiger partial charge in [0.1, 0.15) is 5.76 Å². The molecule has 134 valence electrons. The summed E-state index contributed by atoms with van der Waals surface area (Å²) >= 11 is 0. The van der Waals surface area contributed by atoms with Crippen LogP contribution < -0.4 is 5.76 Å². The molecule has 0 saturated carbocycles. The maximum atomic E-state index is 12.1. The number of rotatable bonds is 5. The van der Waals surface area contributed by atoms with Crippen LogP contribution >= 0.6 is 0 Å². The van der Waals surface area contributed by atoms with Gasteiger partial charge in [-0.2, -0.15) is 0 Å². The largest absolute Gasteiger partial charge is 0.443 e. The fourth-order valence-electron chi connectivity index (χ4n) is 2.69. The maximum Gasteiger partial charge on any atom is 0.419 e. The summed E-state index contributed by atoms with van der Waals surface area (Å²) in [6, 6.07) is 7.48. The highest BCUT2D eigenvalue weighted by Gasteiger charge is 2.23. The number of nitrogens with zero attached hydrogens (tertiary/aromatic N) is 3. The monoisotopic (exact) mass is 343 g/mol. The summed E-state index contributed by atoms with van der Waals surface area (Å²) in [5.74, 6) is 1.24. The predicted octanol–water partition coefficient (Wildman–Crippen LogP) is 3.57. The lowest BCUT2D eigenvalue weighted by atomic mass is 9.94. The number of fused-ring (bicyclic) bond motifs is 1. The van der Waals surface area contributed by atoms with Gasteiger partial charge >= 0.3 is 5.76 Å². The van der Waals surface area contributed by atoms with Gasteiger partial charge in [0.05, 0.1) is 17.8 Å². The van der Waals surface area contributed by atoms with Crippen molar-refractivity contribution >= 4 is 11.1 Å². The van der Waals surface area contributed by atoms with Gasteiger partial charge in [0.2, 0.25) is 5.89 Å². The van der Waals surface area contributed by atoms with Gasteiger partial charge in [-0.25, -0.2) is 9.78 Å². The van der Waals surface area contributed by atoms with Gasteiger partial charge in [0, 0.05) is 18.5 Å². The second-order valence-electron chi connectivity index (χ2n) is 7.46. The quantitative estimate of drug-likeness (QED) is 0.708. The van der Waals surface area contributed by atoms with E-state index < -0.39 is 0 Å². The third-order valence-corrected chi connectivity index (χ3v) is 4.53. The Kier molecular flexibility index (Phi) is 4.56. The molecule has 25 heavy (non-hydrogen) atoms. The minimum atomic E-state index is -0.326. The molecule has 0 unspecified atom stereocenters. The number of oxazole rings is 2. The summed E-state index contributed by atoms with van der Waals surface area (Å²) in [4.78, 5) is 18.6. The molecule has 0 saturated heterocycles. The van der Waals surface area contributed by atoms with Gasteiger partial charge in [0.15, 0.2) is 5.58 Å². The number of hydrogen-bond acceptors (Lipinski definition) is 5. The molecule has 0 aliphatic rings. The Labute approximate surface area is 147 Å². The summed E-state index contributed by atoms with van der Waals surface area (Å²) in [5, 5.41) is 0. The first-order chi connectivity index (χ1) is 11.8. The molecular weight excluding hydrogens is 318 g/mol. The Bertz CT molecular complexity index is 914. The van der Waals surface area contributed by atoms with Crippen molar-refractivity contribution in [1.82, 2.24) is 14.5 Å². The number of likely N-dealkylation sites (N-methyl/N-ethyl adjacent to an activating group) is 1. The number of hydrogen-bond donors (Lipinski definition) is 0. The van der Waals surface area contributed by atoms with Crippen molar-refractivity contribution in [2.75, 3.05) is 13.6 Å². The zero-order chi connectivity index (χ0) is 18.2. The molecule has 0 aliphatic carbocycles. The topological polar surface area (TPSA) is 64.4 Å². The Morgan fingerprint density at radius 2 is 1.96 bits per heavy atom. The van der Waals surface area contributed by atoms with Crippen LogP contribution in [-0.4, -0.2) is 28.0 Å². The lowest BCUT2D eigenvalue weighted by molar-refractivity contribution is 0.209. The van der Waals surface area contributed by atoms with Crippen molar-refractivity contribution in [2.45, 2.75) is 45.7 Å². The van der Waals surface area contributed by atoms with E-state index in [9.17, 15) is 4.79 Å². The van der Waals surface area contributed by atoms with E-state index in [1.165, 1.54) is 0 Å². The van der Waals surface area contributed by atoms with Crippen LogP contribution in [0.5, 0.6) is 0 Å². The molecular formula is C19H25N3O3. The third-order valence-electron chi connectivity index (χ3n) is 4.53. The Morgan fingerprint density at radius 1 is 1.24 bits per heavy atom. The highest BCUT2D eigenvalue weighted by atomic mass is 16.4. The Hall–Kier alpha value is -2.34. The van der Waals surface area contributed by atoms with Crippen molar-refractivity contribution in [3.05, 3.63) is 52.7 Å². The molecule has 0 spiro atoms. The molecule has 6 nitrogen and oxygen atoms in total. The second-order valence-corrected chi connectivity index (χ2v) is 7.46. The van der Waals surface area contributed by atoms with E-state index in [4.69, 9.17) is 8.83 Å². The van der Waals surface area contributed by atoms with Crippen molar-refractivity contribution < 1.29 is 8.83 Å². The molecule has 0 N–H and O–H groups in total.